The number of nitrogen functional groups attached to an aromatic ring is 1. The number of terminal acetylenes is 1. The van der Waals surface area contributed by atoms with Crippen molar-refractivity contribution < 1.29 is 117 Å². The SMILES string of the molecule is BrCc1ccccc1.BrCc1cn(Cc2ccccc2)nn1.C#CCO.Cc1cn[nH]n1.Cc1cnn(-c2ccc(N)cc2)n1.Cc1cnn(-c2ccc([N+](=O)[O-])cc2)n1.Cn1nc(CCN2CCOCC2)c2ccc(-c3cc(Cl)nc(N4CCOCC4)n3)cc21.O=[N+]([O-])c1ccc(F)cc1.OCc1cn(Cc2ccccc2)nn1.[CH3-].[CH3-].[Cu][I].[N-]=[N+]=NCc1ccccc1.[N-]=[N+]=[N-].[Na+].[Pd].[Pd]. The van der Waals surface area contributed by atoms with Crippen molar-refractivity contribution in [1.29, 1.82) is 0 Å². The summed E-state index contributed by atoms with van der Waals surface area (Å²) in [5, 5.41) is 90.2. The Morgan fingerprint density at radius 2 is 1.10 bits per heavy atom. The molecule has 8 aromatic carbocycles. The summed E-state index contributed by atoms with van der Waals surface area (Å²) in [5.74, 6) is 2.17. The van der Waals surface area contributed by atoms with Crippen LogP contribution in [0.1, 0.15) is 56.4 Å². The van der Waals surface area contributed by atoms with Crippen molar-refractivity contribution in [2.75, 3.05) is 76.4 Å². The molecule has 718 valence electrons. The molecule has 0 unspecified atom stereocenters. The molecule has 47 heteroatoms. The molecular formula is C88H99Br2ClCuFIN30NaO8Pd2-2. The van der Waals surface area contributed by atoms with Crippen molar-refractivity contribution in [2.24, 2.45) is 12.2 Å². The molecule has 0 amide bonds. The number of nitro groups is 2. The van der Waals surface area contributed by atoms with E-state index < -0.39 is 15.7 Å². The molecule has 0 aliphatic carbocycles. The van der Waals surface area contributed by atoms with Crippen LogP contribution in [0.2, 0.25) is 5.15 Å². The smallest absolute Gasteiger partial charge is 0.373 e. The normalized spacial score (nSPS) is 10.9. The Labute approximate surface area is 872 Å². The van der Waals surface area contributed by atoms with Crippen LogP contribution < -0.4 is 40.2 Å². The first-order valence-corrected chi connectivity index (χ1v) is 44.9. The first kappa shape index (κ1) is 122. The summed E-state index contributed by atoms with van der Waals surface area (Å²) >= 11 is 18.9. The largest absolute Gasteiger partial charge is 1.00 e. The number of benzene rings is 8. The summed E-state index contributed by atoms with van der Waals surface area (Å²) in [4.78, 5) is 40.3. The fraction of sp³-hybridized carbons (Fsp3) is 0.239. The van der Waals surface area contributed by atoms with Gasteiger partial charge in [-0.1, -0.05) is 198 Å². The van der Waals surface area contributed by atoms with Crippen LogP contribution in [0.5, 0.6) is 0 Å². The third kappa shape index (κ3) is 47.5. The van der Waals surface area contributed by atoms with Gasteiger partial charge < -0.3 is 56.2 Å². The van der Waals surface area contributed by atoms with E-state index in [9.17, 15) is 24.6 Å². The zero-order valence-electron chi connectivity index (χ0n) is 74.5. The molecule has 5 N–H and O–H groups in total. The Hall–Kier alpha value is -10.9. The average Bonchev–Trinajstić information content (AvgIpc) is 1.65. The van der Waals surface area contributed by atoms with Gasteiger partial charge in [-0.05, 0) is 103 Å². The van der Waals surface area contributed by atoms with Gasteiger partial charge in [-0.3, -0.25) is 34.7 Å². The van der Waals surface area contributed by atoms with E-state index >= 15 is 0 Å². The number of hydrogen-bond donors (Lipinski definition) is 4. The molecule has 0 bridgehead atoms. The minimum absolute atomic E-state index is 0. The third-order valence-corrected chi connectivity index (χ3v) is 18.7. The second-order valence-electron chi connectivity index (χ2n) is 26.8. The first-order chi connectivity index (χ1) is 63.1. The number of aromatic nitrogens is 19. The molecule has 0 spiro atoms. The van der Waals surface area contributed by atoms with Crippen LogP contribution in [0, 0.1) is 74.0 Å². The number of aliphatic hydroxyl groups excluding tert-OH is 2. The molecule has 0 radical (unpaired) electrons. The molecule has 0 atom stereocenters. The van der Waals surface area contributed by atoms with E-state index in [-0.39, 0.29) is 110 Å². The number of rotatable bonds is 18. The van der Waals surface area contributed by atoms with Gasteiger partial charge in [0, 0.05) is 156 Å². The van der Waals surface area contributed by atoms with E-state index in [4.69, 9.17) is 63.7 Å². The van der Waals surface area contributed by atoms with Crippen LogP contribution in [0.4, 0.5) is 27.4 Å². The Morgan fingerprint density at radius 1 is 0.637 bits per heavy atom. The summed E-state index contributed by atoms with van der Waals surface area (Å²) < 4.78 is 28.5. The van der Waals surface area contributed by atoms with E-state index in [0.29, 0.717) is 48.8 Å². The van der Waals surface area contributed by atoms with Crippen molar-refractivity contribution in [3.05, 3.63) is 378 Å². The molecule has 2 saturated heterocycles. The number of non-ortho nitro benzene ring substituents is 2. The van der Waals surface area contributed by atoms with E-state index in [1.54, 1.807) is 66.7 Å². The maximum atomic E-state index is 12.1. The number of H-pyrrole nitrogens is 1. The number of nitrogens with two attached hydrogens (primary N) is 1. The second kappa shape index (κ2) is 71.6. The summed E-state index contributed by atoms with van der Waals surface area (Å²) in [6.45, 7) is 14.8. The van der Waals surface area contributed by atoms with Crippen LogP contribution in [-0.4, -0.2) is 186 Å². The van der Waals surface area contributed by atoms with Crippen LogP contribution in [0.25, 0.3) is 60.0 Å². The van der Waals surface area contributed by atoms with Gasteiger partial charge in [0.1, 0.15) is 23.3 Å². The summed E-state index contributed by atoms with van der Waals surface area (Å²) in [6, 6.07) is 66.2. The fourth-order valence-corrected chi connectivity index (χ4v) is 11.9. The summed E-state index contributed by atoms with van der Waals surface area (Å²) in [5.41, 5.74) is 42.4. The quantitative estimate of drug-likeness (QED) is 0.00504. The van der Waals surface area contributed by atoms with Gasteiger partial charge in [-0.15, -0.1) is 16.6 Å². The topological polar surface area (TPSA) is 493 Å². The number of morpholine rings is 2. The number of alkyl halides is 2. The number of halogens is 5. The standard InChI is InChI=1S/C22H27ClN6O2.C10H10BrN3.C10H11N3O.C9H8N4O2.C9H10N4.C7H7Br.C7H7N3.C6H4FNO2.C3H5N3.C3H4O.2CH3.Cu.HI.N3.Na.2Pd/c1-27-20-14-16(19-15-21(23)25-22(24-19)29-8-12-31-13-9-29)2-3-17(20)18(26-27)4-5-28-6-10-30-11-7-28;11-6-10-8-14(13-12-10)7-9-4-2-1-3-5-9;14-8-10-7-13(12-11-10)6-9-4-2-1-3-5-9;1-7-6-10-12(11-7)8-2-4-9(5-3-8)13(14)15;1-7-6-11-13(12-7)9-4-2-8(10)3-5-9;8-6-7-4-2-1-3-5-7;8-10-9-6-7-4-2-1-3-5-7;7-5-1-3-6(4-2-5)8(9)10;1-3-2-4-6-5-3;1-2-3-4;;;;;1-3-2;;;/h2-3,14-15H,4-13H2,1H3;1-5,8H,6-7H2;1-5,7,14H,6,8H2;2-6H,1H3;2-6H,10H2,1H3;1-5H,6H2;1-5H,6H2;1-4H;2H,1H3,(H,4,5,6);1,4H,3H2;2*1H3;;1H;;;;/q;;;;;;;;;;2*-1;+1;;-1;+1;;/p-1. The number of fused-ring (bicyclic) bond motifs is 1. The molecular weight excluding hydrogens is 2250 g/mol. The minimum Gasteiger partial charge on any atom is -0.373 e. The Kier molecular flexibility index (Phi) is 64.8. The molecule has 9 heterocycles. The van der Waals surface area contributed by atoms with Crippen molar-refractivity contribution in [2.45, 2.75) is 64.1 Å². The van der Waals surface area contributed by atoms with Crippen molar-refractivity contribution in [3.8, 4) is 35.0 Å². The Bertz CT molecular complexity index is 5780. The molecule has 2 aliphatic heterocycles. The second-order valence-corrected chi connectivity index (χ2v) is 28.3. The zero-order valence-corrected chi connectivity index (χ0v) is 86.7. The molecule has 2 fully saturated rings. The number of aliphatic hydroxyl groups is 2. The maximum absolute atomic E-state index is 12.1. The number of hydrogen-bond acceptors (Lipinski definition) is 25. The molecule has 7 aromatic heterocycles. The van der Waals surface area contributed by atoms with Crippen LogP contribution >= 0.6 is 63.8 Å². The zero-order chi connectivity index (χ0) is 94.1. The average molecular weight is 2350 g/mol. The number of ether oxygens (including phenoxy) is 2. The predicted octanol–water partition coefficient (Wildman–Crippen LogP) is 14.3. The molecule has 15 aromatic rings. The number of nitrogens with one attached hydrogen (secondary N) is 1. The molecule has 0 saturated carbocycles. The van der Waals surface area contributed by atoms with Crippen LogP contribution in [0.15, 0.2) is 254 Å². The van der Waals surface area contributed by atoms with Crippen LogP contribution in [-0.2, 0) is 113 Å². The number of azide groups is 1. The molecule has 17 rings (SSSR count). The molecule has 135 heavy (non-hydrogen) atoms. The molecule has 38 nitrogen and oxygen atoms in total. The number of aromatic amines is 1. The van der Waals surface area contributed by atoms with Crippen LogP contribution in [0.3, 0.4) is 0 Å². The van der Waals surface area contributed by atoms with Gasteiger partial charge in [-0.2, -0.15) is 50.5 Å². The summed E-state index contributed by atoms with van der Waals surface area (Å²) in [7, 11) is 2.00. The van der Waals surface area contributed by atoms with Gasteiger partial charge >= 0.3 is 62.7 Å². The van der Waals surface area contributed by atoms with Gasteiger partial charge in [-0.25, -0.2) is 23.7 Å². The van der Waals surface area contributed by atoms with E-state index in [2.05, 4.69) is 175 Å². The first-order valence-electron chi connectivity index (χ1n) is 39.2. The summed E-state index contributed by atoms with van der Waals surface area (Å²) in [6.07, 6.45) is 14.2. The Morgan fingerprint density at radius 3 is 1.50 bits per heavy atom. The minimum atomic E-state index is -0.570. The third-order valence-electron chi connectivity index (χ3n) is 17.3. The van der Waals surface area contributed by atoms with Gasteiger partial charge in [0.2, 0.25) is 5.95 Å². The Balaban J connectivity index is 0.000000775. The van der Waals surface area contributed by atoms with Gasteiger partial charge in [0.05, 0.1) is 138 Å². The number of nitro benzene ring substituents is 2. The van der Waals surface area contributed by atoms with E-state index in [1.807, 2.05) is 177 Å². The van der Waals surface area contributed by atoms with E-state index in [0.717, 1.165) is 156 Å². The van der Waals surface area contributed by atoms with Gasteiger partial charge in [0.25, 0.3) is 11.4 Å². The fourth-order valence-electron chi connectivity index (χ4n) is 11.1. The van der Waals surface area contributed by atoms with Gasteiger partial charge in [0.15, 0.2) is 0 Å². The van der Waals surface area contributed by atoms with Crippen molar-refractivity contribution in [1.82, 2.24) is 100 Å². The monoisotopic (exact) mass is 2340 g/mol. The number of nitrogens with zero attached hydrogens (tertiary/aromatic N) is 28. The van der Waals surface area contributed by atoms with Crippen molar-refractivity contribution in [3.63, 3.8) is 0 Å². The number of anilines is 2. The van der Waals surface area contributed by atoms with E-state index in [1.165, 1.54) is 43.9 Å². The number of aryl methyl sites for hydroxylation is 4. The maximum Gasteiger partial charge on any atom is 1.00 e. The van der Waals surface area contributed by atoms with Crippen molar-refractivity contribution >= 4 is 97.7 Å². The predicted molar refractivity (Wildman–Crippen MR) is 519 cm³/mol. The molecule has 2 aliphatic rings.